The highest BCUT2D eigenvalue weighted by Crippen LogP contribution is 2.15. The molecule has 0 aliphatic carbocycles. The lowest BCUT2D eigenvalue weighted by Gasteiger charge is -2.10. The maximum atomic E-state index is 12.3. The van der Waals surface area contributed by atoms with Crippen molar-refractivity contribution >= 4 is 37.7 Å². The molecule has 0 atom stereocenters. The molecule has 0 fully saturated rings. The maximum Gasteiger partial charge on any atom is 0.240 e. The van der Waals surface area contributed by atoms with Crippen molar-refractivity contribution < 1.29 is 13.2 Å². The Morgan fingerprint density at radius 1 is 1.03 bits per heavy atom. The number of amides is 1. The molecule has 1 aromatic heterocycles. The molecule has 1 heterocycles. The van der Waals surface area contributed by atoms with E-state index in [0.29, 0.717) is 18.8 Å². The van der Waals surface area contributed by atoms with E-state index in [1.54, 1.807) is 29.1 Å². The lowest BCUT2D eigenvalue weighted by atomic mass is 10.1. The molecule has 7 nitrogen and oxygen atoms in total. The largest absolute Gasteiger partial charge is 0.311 e. The van der Waals surface area contributed by atoms with Crippen molar-refractivity contribution in [1.82, 2.24) is 14.5 Å². The lowest BCUT2D eigenvalue weighted by molar-refractivity contribution is -0.116. The van der Waals surface area contributed by atoms with Gasteiger partial charge in [-0.2, -0.15) is 5.10 Å². The van der Waals surface area contributed by atoms with Crippen LogP contribution < -0.4 is 10.0 Å². The first-order chi connectivity index (χ1) is 13.9. The Balaban J connectivity index is 1.56. The number of sulfonamides is 1. The van der Waals surface area contributed by atoms with E-state index < -0.39 is 10.0 Å². The van der Waals surface area contributed by atoms with Crippen LogP contribution in [-0.4, -0.2) is 31.2 Å². The zero-order chi connectivity index (χ0) is 20.9. The van der Waals surface area contributed by atoms with Gasteiger partial charge in [-0.1, -0.05) is 40.2 Å². The molecule has 2 aromatic carbocycles. The van der Waals surface area contributed by atoms with E-state index in [1.807, 2.05) is 24.3 Å². The molecule has 1 amide bonds. The normalized spacial score (nSPS) is 11.4. The summed E-state index contributed by atoms with van der Waals surface area (Å²) in [7, 11) is -2.09. The number of anilines is 1. The lowest BCUT2D eigenvalue weighted by Crippen LogP contribution is -2.18. The van der Waals surface area contributed by atoms with Crippen LogP contribution in [0, 0.1) is 0 Å². The molecule has 29 heavy (non-hydrogen) atoms. The Labute approximate surface area is 178 Å². The second-order valence-corrected chi connectivity index (χ2v) is 9.20. The first-order valence-corrected chi connectivity index (χ1v) is 11.2. The number of aryl methyl sites for hydroxylation is 1. The topological polar surface area (TPSA) is 93.1 Å². The minimum absolute atomic E-state index is 0.130. The molecule has 3 rings (SSSR count). The molecule has 0 saturated heterocycles. The number of hydrogen-bond donors (Lipinski definition) is 2. The fourth-order valence-electron chi connectivity index (χ4n) is 2.74. The number of hydrogen-bond acceptors (Lipinski definition) is 4. The minimum atomic E-state index is -3.46. The van der Waals surface area contributed by atoms with Gasteiger partial charge in [0.25, 0.3) is 0 Å². The molecule has 152 valence electrons. The summed E-state index contributed by atoms with van der Waals surface area (Å²) in [4.78, 5) is 12.5. The van der Waals surface area contributed by atoms with Crippen molar-refractivity contribution in [3.63, 3.8) is 0 Å². The van der Waals surface area contributed by atoms with Crippen LogP contribution in [0.1, 0.15) is 17.5 Å². The molecule has 0 spiro atoms. The summed E-state index contributed by atoms with van der Waals surface area (Å²) >= 11 is 3.41. The third kappa shape index (κ3) is 5.75. The second kappa shape index (κ2) is 9.34. The highest BCUT2D eigenvalue weighted by molar-refractivity contribution is 9.10. The summed E-state index contributed by atoms with van der Waals surface area (Å²) < 4.78 is 28.5. The number of carbonyl (C=O) groups excluding carboxylic acids is 1. The first kappa shape index (κ1) is 21.2. The van der Waals surface area contributed by atoms with Gasteiger partial charge in [-0.15, -0.1) is 0 Å². The molecule has 0 unspecified atom stereocenters. The zero-order valence-electron chi connectivity index (χ0n) is 15.8. The van der Waals surface area contributed by atoms with Gasteiger partial charge in [0.1, 0.15) is 5.82 Å². The van der Waals surface area contributed by atoms with E-state index in [9.17, 15) is 13.2 Å². The second-order valence-electron chi connectivity index (χ2n) is 6.40. The van der Waals surface area contributed by atoms with Gasteiger partial charge in [0, 0.05) is 17.0 Å². The Hall–Kier alpha value is -2.49. The SMILES string of the molecule is CNS(=O)(=O)c1ccc(CCC(=O)Nc2ccnn2Cc2ccc(Br)cc2)cc1. The molecule has 0 aliphatic rings. The molecule has 2 N–H and O–H groups in total. The van der Waals surface area contributed by atoms with E-state index in [4.69, 9.17) is 0 Å². The Morgan fingerprint density at radius 2 is 1.69 bits per heavy atom. The quantitative estimate of drug-likeness (QED) is 0.521. The highest BCUT2D eigenvalue weighted by atomic mass is 79.9. The van der Waals surface area contributed by atoms with E-state index >= 15 is 0 Å². The van der Waals surface area contributed by atoms with Crippen molar-refractivity contribution in [3.8, 4) is 0 Å². The molecule has 0 aliphatic heterocycles. The van der Waals surface area contributed by atoms with Crippen LogP contribution >= 0.6 is 15.9 Å². The summed E-state index contributed by atoms with van der Waals surface area (Å²) in [6, 6.07) is 16.2. The van der Waals surface area contributed by atoms with Gasteiger partial charge in [-0.05, 0) is 48.9 Å². The molecular formula is C20H21BrN4O3S. The van der Waals surface area contributed by atoms with Crippen molar-refractivity contribution in [2.45, 2.75) is 24.3 Å². The van der Waals surface area contributed by atoms with E-state index in [0.717, 1.165) is 15.6 Å². The van der Waals surface area contributed by atoms with Crippen LogP contribution in [-0.2, 0) is 27.8 Å². The van der Waals surface area contributed by atoms with Gasteiger partial charge in [-0.3, -0.25) is 4.79 Å². The summed E-state index contributed by atoms with van der Waals surface area (Å²) in [5.41, 5.74) is 1.96. The molecule has 0 radical (unpaired) electrons. The summed E-state index contributed by atoms with van der Waals surface area (Å²) in [5.74, 6) is 0.503. The molecule has 0 bridgehead atoms. The van der Waals surface area contributed by atoms with Crippen molar-refractivity contribution in [2.75, 3.05) is 12.4 Å². The smallest absolute Gasteiger partial charge is 0.240 e. The average molecular weight is 477 g/mol. The fraction of sp³-hybridized carbons (Fsp3) is 0.200. The Kier molecular flexibility index (Phi) is 6.83. The monoisotopic (exact) mass is 476 g/mol. The third-order valence-electron chi connectivity index (χ3n) is 4.37. The van der Waals surface area contributed by atoms with Crippen LogP contribution in [0.15, 0.2) is 70.2 Å². The molecule has 3 aromatic rings. The maximum absolute atomic E-state index is 12.3. The molecule has 9 heteroatoms. The first-order valence-electron chi connectivity index (χ1n) is 8.96. The minimum Gasteiger partial charge on any atom is -0.311 e. The van der Waals surface area contributed by atoms with Crippen LogP contribution in [0.5, 0.6) is 0 Å². The van der Waals surface area contributed by atoms with Gasteiger partial charge in [0.2, 0.25) is 15.9 Å². The number of carbonyl (C=O) groups is 1. The number of nitrogens with zero attached hydrogens (tertiary/aromatic N) is 2. The predicted octanol–water partition coefficient (Wildman–Crippen LogP) is 3.17. The highest BCUT2D eigenvalue weighted by Gasteiger charge is 2.12. The van der Waals surface area contributed by atoms with Gasteiger partial charge < -0.3 is 5.32 Å². The number of aromatic nitrogens is 2. The van der Waals surface area contributed by atoms with Gasteiger partial charge in [0.05, 0.1) is 17.6 Å². The van der Waals surface area contributed by atoms with Crippen LogP contribution in [0.4, 0.5) is 5.82 Å². The van der Waals surface area contributed by atoms with Crippen LogP contribution in [0.2, 0.25) is 0 Å². The predicted molar refractivity (Wildman–Crippen MR) is 115 cm³/mol. The van der Waals surface area contributed by atoms with Gasteiger partial charge in [-0.25, -0.2) is 17.8 Å². The van der Waals surface area contributed by atoms with E-state index in [2.05, 4.69) is 31.1 Å². The van der Waals surface area contributed by atoms with Crippen LogP contribution in [0.25, 0.3) is 0 Å². The average Bonchev–Trinajstić information content (AvgIpc) is 3.15. The zero-order valence-corrected chi connectivity index (χ0v) is 18.2. The molecular weight excluding hydrogens is 456 g/mol. The summed E-state index contributed by atoms with van der Waals surface area (Å²) in [6.07, 6.45) is 2.43. The Morgan fingerprint density at radius 3 is 2.34 bits per heavy atom. The van der Waals surface area contributed by atoms with Crippen molar-refractivity contribution in [2.24, 2.45) is 0 Å². The summed E-state index contributed by atoms with van der Waals surface area (Å²) in [6.45, 7) is 0.553. The fourth-order valence-corrected chi connectivity index (χ4v) is 3.74. The third-order valence-corrected chi connectivity index (χ3v) is 6.33. The Bertz CT molecular complexity index is 1080. The standard InChI is InChI=1S/C20H21BrN4O3S/c1-22-29(27,28)18-9-4-15(5-10-18)6-11-20(26)24-19-12-13-23-25(19)14-16-2-7-17(21)8-3-16/h2-5,7-10,12-13,22H,6,11,14H2,1H3,(H,24,26). The molecule has 0 saturated carbocycles. The number of benzene rings is 2. The van der Waals surface area contributed by atoms with E-state index in [-0.39, 0.29) is 17.2 Å². The number of halogens is 1. The van der Waals surface area contributed by atoms with Crippen molar-refractivity contribution in [3.05, 3.63) is 76.4 Å². The van der Waals surface area contributed by atoms with E-state index in [1.165, 1.54) is 19.2 Å². The van der Waals surface area contributed by atoms with Crippen LogP contribution in [0.3, 0.4) is 0 Å². The van der Waals surface area contributed by atoms with Gasteiger partial charge >= 0.3 is 0 Å². The van der Waals surface area contributed by atoms with Crippen molar-refractivity contribution in [1.29, 1.82) is 0 Å². The summed E-state index contributed by atoms with van der Waals surface area (Å²) in [5, 5.41) is 7.16. The van der Waals surface area contributed by atoms with Gasteiger partial charge in [0.15, 0.2) is 0 Å². The number of nitrogens with one attached hydrogen (secondary N) is 2. The number of rotatable bonds is 8.